The van der Waals surface area contributed by atoms with Crippen molar-refractivity contribution in [1.82, 2.24) is 14.8 Å². The molecule has 2 amide bonds. The van der Waals surface area contributed by atoms with Crippen LogP contribution in [0.2, 0.25) is 0 Å². The molecule has 10 heteroatoms. The monoisotopic (exact) mass is 493 g/mol. The number of aromatic nitrogens is 1. The molecule has 5 rings (SSSR count). The number of hydrogen-bond acceptors (Lipinski definition) is 8. The van der Waals surface area contributed by atoms with Crippen LogP contribution >= 0.6 is 0 Å². The molecule has 2 aromatic rings. The van der Waals surface area contributed by atoms with Gasteiger partial charge in [-0.15, -0.1) is 0 Å². The molecule has 0 saturated carbocycles. The molecule has 1 aromatic carbocycles. The Balaban J connectivity index is 1.51. The Bertz CT molecular complexity index is 1210. The Morgan fingerprint density at radius 2 is 1.78 bits per heavy atom. The molecule has 1 atom stereocenters. The molecule has 36 heavy (non-hydrogen) atoms. The molecule has 3 aliphatic heterocycles. The molecule has 3 aliphatic rings. The third-order valence-corrected chi connectivity index (χ3v) is 6.70. The number of likely N-dealkylation sites (tertiary alicyclic amines) is 2. The highest BCUT2D eigenvalue weighted by atomic mass is 16.6. The summed E-state index contributed by atoms with van der Waals surface area (Å²) in [5, 5.41) is 11.3. The normalized spacial score (nSPS) is 21.5. The smallest absolute Gasteiger partial charge is 0.409 e. The zero-order chi connectivity index (χ0) is 25.2. The first-order valence-electron chi connectivity index (χ1n) is 12.0. The quantitative estimate of drug-likeness (QED) is 0.392. The first kappa shape index (κ1) is 23.7. The van der Waals surface area contributed by atoms with E-state index in [0.29, 0.717) is 61.8 Å². The van der Waals surface area contributed by atoms with Crippen LogP contribution in [0.4, 0.5) is 4.79 Å². The minimum absolute atomic E-state index is 0.00991. The lowest BCUT2D eigenvalue weighted by atomic mass is 9.94. The van der Waals surface area contributed by atoms with Crippen LogP contribution in [0.25, 0.3) is 5.76 Å². The molecule has 4 heterocycles. The molecule has 188 valence electrons. The summed E-state index contributed by atoms with van der Waals surface area (Å²) in [6, 6.07) is 7.29. The van der Waals surface area contributed by atoms with Crippen molar-refractivity contribution in [2.24, 2.45) is 0 Å². The number of aliphatic hydroxyl groups is 1. The molecule has 0 aliphatic carbocycles. The summed E-state index contributed by atoms with van der Waals surface area (Å²) in [6.07, 6.45) is 3.75. The van der Waals surface area contributed by atoms with Gasteiger partial charge in [0.05, 0.1) is 18.2 Å². The van der Waals surface area contributed by atoms with E-state index in [4.69, 9.17) is 14.2 Å². The lowest BCUT2D eigenvalue weighted by Crippen LogP contribution is -2.48. The molecule has 1 aromatic heterocycles. The van der Waals surface area contributed by atoms with Gasteiger partial charge in [0.25, 0.3) is 11.7 Å². The minimum Gasteiger partial charge on any atom is -0.507 e. The zero-order valence-corrected chi connectivity index (χ0v) is 19.9. The number of benzene rings is 1. The van der Waals surface area contributed by atoms with E-state index >= 15 is 0 Å². The van der Waals surface area contributed by atoms with Gasteiger partial charge in [0.15, 0.2) is 11.5 Å². The zero-order valence-electron chi connectivity index (χ0n) is 19.9. The highest BCUT2D eigenvalue weighted by Crippen LogP contribution is 2.43. The number of nitrogens with zero attached hydrogens (tertiary/aromatic N) is 3. The van der Waals surface area contributed by atoms with Gasteiger partial charge in [0.2, 0.25) is 0 Å². The average Bonchev–Trinajstić information content (AvgIpc) is 3.18. The van der Waals surface area contributed by atoms with Crippen molar-refractivity contribution in [1.29, 1.82) is 0 Å². The SMILES string of the molecule is CCOC(=O)N1CCC(N2C(=O)C(=O)/C(=C(\O)c3ccc4c(c3)OCCO4)C2c2ccncc2)CC1. The Morgan fingerprint density at radius 3 is 2.47 bits per heavy atom. The summed E-state index contributed by atoms with van der Waals surface area (Å²) >= 11 is 0. The van der Waals surface area contributed by atoms with Crippen LogP contribution < -0.4 is 9.47 Å². The number of carbonyl (C=O) groups excluding carboxylic acids is 3. The van der Waals surface area contributed by atoms with E-state index < -0.39 is 17.7 Å². The lowest BCUT2D eigenvalue weighted by Gasteiger charge is -2.38. The maximum absolute atomic E-state index is 13.4. The molecule has 0 bridgehead atoms. The Kier molecular flexibility index (Phi) is 6.49. The van der Waals surface area contributed by atoms with Crippen LogP contribution in [0.15, 0.2) is 48.3 Å². The van der Waals surface area contributed by atoms with Gasteiger partial charge in [-0.05, 0) is 55.7 Å². The third kappa shape index (κ3) is 4.23. The van der Waals surface area contributed by atoms with Crippen molar-refractivity contribution in [3.8, 4) is 11.5 Å². The molecule has 2 saturated heterocycles. The fourth-order valence-electron chi connectivity index (χ4n) is 4.99. The molecule has 0 radical (unpaired) electrons. The third-order valence-electron chi connectivity index (χ3n) is 6.70. The molecule has 2 fully saturated rings. The topological polar surface area (TPSA) is 119 Å². The van der Waals surface area contributed by atoms with Crippen molar-refractivity contribution in [3.05, 3.63) is 59.4 Å². The predicted molar refractivity (Wildman–Crippen MR) is 127 cm³/mol. The van der Waals surface area contributed by atoms with Gasteiger partial charge in [0, 0.05) is 37.1 Å². The Morgan fingerprint density at radius 1 is 1.08 bits per heavy atom. The van der Waals surface area contributed by atoms with Crippen molar-refractivity contribution in [3.63, 3.8) is 0 Å². The van der Waals surface area contributed by atoms with Crippen molar-refractivity contribution < 1.29 is 33.7 Å². The fourth-order valence-corrected chi connectivity index (χ4v) is 4.99. The highest BCUT2D eigenvalue weighted by Gasteiger charge is 2.49. The van der Waals surface area contributed by atoms with E-state index in [1.165, 1.54) is 0 Å². The van der Waals surface area contributed by atoms with Crippen LogP contribution in [0, 0.1) is 0 Å². The van der Waals surface area contributed by atoms with Gasteiger partial charge in [-0.25, -0.2) is 4.79 Å². The maximum Gasteiger partial charge on any atom is 0.409 e. The van der Waals surface area contributed by atoms with Crippen molar-refractivity contribution in [2.45, 2.75) is 31.8 Å². The summed E-state index contributed by atoms with van der Waals surface area (Å²) in [5.41, 5.74) is 1.03. The van der Waals surface area contributed by atoms with Gasteiger partial charge < -0.3 is 29.1 Å². The van der Waals surface area contributed by atoms with E-state index in [9.17, 15) is 19.5 Å². The number of fused-ring (bicyclic) bond motifs is 1. The number of ketones is 1. The van der Waals surface area contributed by atoms with Gasteiger partial charge in [0.1, 0.15) is 19.0 Å². The molecular weight excluding hydrogens is 466 g/mol. The second kappa shape index (κ2) is 9.88. The molecular formula is C26H27N3O7. The molecule has 1 N–H and O–H groups in total. The summed E-state index contributed by atoms with van der Waals surface area (Å²) < 4.78 is 16.3. The maximum atomic E-state index is 13.4. The number of aliphatic hydroxyl groups excluding tert-OH is 1. The highest BCUT2D eigenvalue weighted by molar-refractivity contribution is 6.46. The number of Topliss-reactive ketones (excluding diaryl/α,β-unsaturated/α-hetero) is 1. The number of amides is 2. The number of pyridine rings is 1. The fraction of sp³-hybridized carbons (Fsp3) is 0.385. The van der Waals surface area contributed by atoms with Crippen LogP contribution in [0.3, 0.4) is 0 Å². The minimum atomic E-state index is -0.791. The Labute approximate surface area is 208 Å². The second-order valence-electron chi connectivity index (χ2n) is 8.76. The second-order valence-corrected chi connectivity index (χ2v) is 8.76. The van der Waals surface area contributed by atoms with Crippen molar-refractivity contribution in [2.75, 3.05) is 32.9 Å². The average molecular weight is 494 g/mol. The standard InChI is InChI=1S/C26H27N3O7/c1-2-34-26(33)28-11-7-18(8-12-28)29-22(16-5-9-27-10-6-16)21(24(31)25(29)32)23(30)17-3-4-19-20(15-17)36-14-13-35-19/h3-6,9-10,15,18,22,30H,2,7-8,11-14H2,1H3/b23-21-. The summed E-state index contributed by atoms with van der Waals surface area (Å²) in [5.74, 6) is -0.690. The van der Waals surface area contributed by atoms with Gasteiger partial charge in [-0.2, -0.15) is 0 Å². The number of carbonyl (C=O) groups is 3. The number of hydrogen-bond donors (Lipinski definition) is 1. The molecule has 0 spiro atoms. The van der Waals surface area contributed by atoms with Crippen LogP contribution in [0.1, 0.15) is 36.9 Å². The summed E-state index contributed by atoms with van der Waals surface area (Å²) in [4.78, 5) is 46.0. The first-order valence-corrected chi connectivity index (χ1v) is 12.0. The van der Waals surface area contributed by atoms with E-state index in [1.54, 1.807) is 59.4 Å². The van der Waals surface area contributed by atoms with Gasteiger partial charge >= 0.3 is 6.09 Å². The van der Waals surface area contributed by atoms with Crippen LogP contribution in [-0.2, 0) is 14.3 Å². The van der Waals surface area contributed by atoms with Crippen LogP contribution in [0.5, 0.6) is 11.5 Å². The van der Waals surface area contributed by atoms with E-state index in [0.717, 1.165) is 0 Å². The van der Waals surface area contributed by atoms with Gasteiger partial charge in [-0.3, -0.25) is 14.6 Å². The first-order chi connectivity index (χ1) is 17.5. The van der Waals surface area contributed by atoms with Gasteiger partial charge in [-0.1, -0.05) is 0 Å². The van der Waals surface area contributed by atoms with E-state index in [-0.39, 0.29) is 30.1 Å². The van der Waals surface area contributed by atoms with Crippen LogP contribution in [-0.4, -0.2) is 76.6 Å². The van der Waals surface area contributed by atoms with Crippen molar-refractivity contribution >= 4 is 23.5 Å². The lowest BCUT2D eigenvalue weighted by molar-refractivity contribution is -0.142. The summed E-state index contributed by atoms with van der Waals surface area (Å²) in [7, 11) is 0. The number of ether oxygens (including phenoxy) is 3. The Hall–Kier alpha value is -4.08. The predicted octanol–water partition coefficient (Wildman–Crippen LogP) is 2.90. The van der Waals surface area contributed by atoms with E-state index in [2.05, 4.69) is 4.98 Å². The van der Waals surface area contributed by atoms with E-state index in [1.807, 2.05) is 0 Å². The largest absolute Gasteiger partial charge is 0.507 e. The molecule has 1 unspecified atom stereocenters. The summed E-state index contributed by atoms with van der Waals surface area (Å²) in [6.45, 7) is 3.65. The number of rotatable bonds is 4. The number of piperidine rings is 1. The molecule has 10 nitrogen and oxygen atoms in total.